The monoisotopic (exact) mass is 215 g/mol. The Hall–Kier alpha value is -0.870. The molecule has 0 fully saturated rings. The maximum Gasteiger partial charge on any atom is 0.171 e. The lowest BCUT2D eigenvalue weighted by Crippen LogP contribution is -2.07. The summed E-state index contributed by atoms with van der Waals surface area (Å²) in [6.07, 6.45) is 4.10. The summed E-state index contributed by atoms with van der Waals surface area (Å²) in [5.74, 6) is 0.630. The summed E-state index contributed by atoms with van der Waals surface area (Å²) >= 11 is 5.80. The molecule has 1 N–H and O–H groups in total. The predicted octanol–water partition coefficient (Wildman–Crippen LogP) is 1.97. The first-order chi connectivity index (χ1) is 6.84. The lowest BCUT2D eigenvalue weighted by molar-refractivity contribution is 0.147. The van der Waals surface area contributed by atoms with Crippen LogP contribution in [0.2, 0.25) is 5.15 Å². The molecule has 0 radical (unpaired) electrons. The van der Waals surface area contributed by atoms with Gasteiger partial charge in [0.2, 0.25) is 0 Å². The van der Waals surface area contributed by atoms with Gasteiger partial charge in [0.1, 0.15) is 0 Å². The van der Waals surface area contributed by atoms with Crippen LogP contribution in [0.25, 0.3) is 0 Å². The molecule has 0 aromatic carbocycles. The van der Waals surface area contributed by atoms with Crippen LogP contribution in [0, 0.1) is 0 Å². The van der Waals surface area contributed by atoms with Crippen LogP contribution in [-0.2, 0) is 4.74 Å². The number of hydrogen-bond acceptors (Lipinski definition) is 4. The third-order valence-electron chi connectivity index (χ3n) is 1.62. The Bertz CT molecular complexity index is 270. The van der Waals surface area contributed by atoms with E-state index in [4.69, 9.17) is 16.3 Å². The molecule has 0 aliphatic heterocycles. The summed E-state index contributed by atoms with van der Waals surface area (Å²) in [6.45, 7) is 4.28. The first-order valence-electron chi connectivity index (χ1n) is 4.62. The second kappa shape index (κ2) is 6.56. The third kappa shape index (κ3) is 3.89. The van der Waals surface area contributed by atoms with Gasteiger partial charge in [0.15, 0.2) is 11.0 Å². The summed E-state index contributed by atoms with van der Waals surface area (Å²) in [7, 11) is 0. The summed E-state index contributed by atoms with van der Waals surface area (Å²) in [4.78, 5) is 7.95. The van der Waals surface area contributed by atoms with E-state index < -0.39 is 0 Å². The smallest absolute Gasteiger partial charge is 0.171 e. The van der Waals surface area contributed by atoms with Crippen molar-refractivity contribution in [1.82, 2.24) is 9.97 Å². The topological polar surface area (TPSA) is 47.0 Å². The zero-order valence-electron chi connectivity index (χ0n) is 8.16. The van der Waals surface area contributed by atoms with Crippen molar-refractivity contribution in [3.8, 4) is 0 Å². The fraction of sp³-hybridized carbons (Fsp3) is 0.556. The van der Waals surface area contributed by atoms with Gasteiger partial charge in [-0.15, -0.1) is 0 Å². The van der Waals surface area contributed by atoms with Crippen molar-refractivity contribution in [2.45, 2.75) is 13.3 Å². The molecular formula is C9H14ClN3O. The van der Waals surface area contributed by atoms with Crippen LogP contribution in [0.15, 0.2) is 12.4 Å². The fourth-order valence-corrected chi connectivity index (χ4v) is 1.14. The van der Waals surface area contributed by atoms with E-state index in [1.807, 2.05) is 6.92 Å². The van der Waals surface area contributed by atoms with Crippen LogP contribution in [0.1, 0.15) is 13.3 Å². The Balaban J connectivity index is 2.21. The van der Waals surface area contributed by atoms with Crippen LogP contribution in [0.5, 0.6) is 0 Å². The predicted molar refractivity (Wildman–Crippen MR) is 56.6 cm³/mol. The van der Waals surface area contributed by atoms with E-state index in [0.717, 1.165) is 26.2 Å². The number of halogens is 1. The molecule has 1 aromatic rings. The molecule has 4 nitrogen and oxygen atoms in total. The first kappa shape index (κ1) is 11.2. The molecule has 0 amide bonds. The minimum Gasteiger partial charge on any atom is -0.382 e. The normalized spacial score (nSPS) is 10.1. The van der Waals surface area contributed by atoms with Crippen molar-refractivity contribution in [2.24, 2.45) is 0 Å². The van der Waals surface area contributed by atoms with Crippen molar-refractivity contribution in [3.05, 3.63) is 17.5 Å². The van der Waals surface area contributed by atoms with Gasteiger partial charge in [-0.3, -0.25) is 0 Å². The average Bonchev–Trinajstić information content (AvgIpc) is 2.20. The number of aromatic nitrogens is 2. The van der Waals surface area contributed by atoms with Crippen LogP contribution < -0.4 is 5.32 Å². The highest BCUT2D eigenvalue weighted by molar-refractivity contribution is 6.31. The molecule has 78 valence electrons. The van der Waals surface area contributed by atoms with Crippen LogP contribution in [0.3, 0.4) is 0 Å². The van der Waals surface area contributed by atoms with Gasteiger partial charge in [0.05, 0.1) is 0 Å². The molecule has 1 rings (SSSR count). The van der Waals surface area contributed by atoms with E-state index >= 15 is 0 Å². The van der Waals surface area contributed by atoms with Gasteiger partial charge in [-0.05, 0) is 13.3 Å². The van der Waals surface area contributed by atoms with Gasteiger partial charge in [-0.1, -0.05) is 11.6 Å². The quantitative estimate of drug-likeness (QED) is 0.738. The lowest BCUT2D eigenvalue weighted by Gasteiger charge is -2.05. The van der Waals surface area contributed by atoms with E-state index in [-0.39, 0.29) is 0 Å². The largest absolute Gasteiger partial charge is 0.382 e. The number of hydrogen-bond donors (Lipinski definition) is 1. The molecule has 0 saturated carbocycles. The molecule has 5 heteroatoms. The van der Waals surface area contributed by atoms with Gasteiger partial charge in [-0.2, -0.15) is 0 Å². The van der Waals surface area contributed by atoms with Crippen molar-refractivity contribution >= 4 is 17.4 Å². The number of rotatable bonds is 6. The lowest BCUT2D eigenvalue weighted by atomic mass is 10.4. The molecule has 0 aliphatic carbocycles. The van der Waals surface area contributed by atoms with Gasteiger partial charge < -0.3 is 10.1 Å². The van der Waals surface area contributed by atoms with E-state index in [2.05, 4.69) is 15.3 Å². The van der Waals surface area contributed by atoms with Crippen LogP contribution in [0.4, 0.5) is 5.82 Å². The second-order valence-corrected chi connectivity index (χ2v) is 3.03. The Morgan fingerprint density at radius 2 is 2.21 bits per heavy atom. The molecular weight excluding hydrogens is 202 g/mol. The highest BCUT2D eigenvalue weighted by Crippen LogP contribution is 2.13. The first-order valence-corrected chi connectivity index (χ1v) is 5.00. The summed E-state index contributed by atoms with van der Waals surface area (Å²) in [5, 5.41) is 3.49. The number of nitrogens with one attached hydrogen (secondary N) is 1. The number of ether oxygens (including phenoxy) is 1. The summed E-state index contributed by atoms with van der Waals surface area (Å²) in [6, 6.07) is 0. The minimum absolute atomic E-state index is 0.406. The second-order valence-electron chi connectivity index (χ2n) is 2.67. The standard InChI is InChI=1S/C9H14ClN3O/c1-2-14-7-3-4-12-9-8(10)11-5-6-13-9/h5-6H,2-4,7H2,1H3,(H,12,13). The fourth-order valence-electron chi connectivity index (χ4n) is 0.965. The van der Waals surface area contributed by atoms with Crippen molar-refractivity contribution in [1.29, 1.82) is 0 Å². The molecule has 0 saturated heterocycles. The van der Waals surface area contributed by atoms with Crippen molar-refractivity contribution in [2.75, 3.05) is 25.1 Å². The summed E-state index contributed by atoms with van der Waals surface area (Å²) < 4.78 is 5.19. The zero-order chi connectivity index (χ0) is 10.2. The molecule has 1 aromatic heterocycles. The van der Waals surface area contributed by atoms with E-state index in [9.17, 15) is 0 Å². The highest BCUT2D eigenvalue weighted by atomic mass is 35.5. The Morgan fingerprint density at radius 1 is 1.43 bits per heavy atom. The van der Waals surface area contributed by atoms with E-state index in [1.165, 1.54) is 0 Å². The van der Waals surface area contributed by atoms with E-state index in [0.29, 0.717) is 11.0 Å². The molecule has 14 heavy (non-hydrogen) atoms. The Morgan fingerprint density at radius 3 is 2.93 bits per heavy atom. The molecule has 0 spiro atoms. The van der Waals surface area contributed by atoms with Gasteiger partial charge in [0.25, 0.3) is 0 Å². The molecule has 1 heterocycles. The maximum atomic E-state index is 5.80. The molecule has 0 unspecified atom stereocenters. The number of anilines is 1. The zero-order valence-corrected chi connectivity index (χ0v) is 8.92. The van der Waals surface area contributed by atoms with E-state index in [1.54, 1.807) is 12.4 Å². The van der Waals surface area contributed by atoms with Crippen molar-refractivity contribution in [3.63, 3.8) is 0 Å². The van der Waals surface area contributed by atoms with Gasteiger partial charge >= 0.3 is 0 Å². The van der Waals surface area contributed by atoms with Crippen molar-refractivity contribution < 1.29 is 4.74 Å². The molecule has 0 atom stereocenters. The molecule has 0 aliphatic rings. The van der Waals surface area contributed by atoms with Gasteiger partial charge in [-0.25, -0.2) is 9.97 Å². The Labute approximate surface area is 88.7 Å². The average molecular weight is 216 g/mol. The maximum absolute atomic E-state index is 5.80. The number of nitrogens with zero attached hydrogens (tertiary/aromatic N) is 2. The summed E-state index contributed by atoms with van der Waals surface area (Å²) in [5.41, 5.74) is 0. The van der Waals surface area contributed by atoms with Crippen LogP contribution in [-0.4, -0.2) is 29.7 Å². The van der Waals surface area contributed by atoms with Gasteiger partial charge in [0, 0.05) is 32.2 Å². The highest BCUT2D eigenvalue weighted by Gasteiger charge is 1.99. The van der Waals surface area contributed by atoms with Crippen LogP contribution >= 0.6 is 11.6 Å². The minimum atomic E-state index is 0.406. The Kier molecular flexibility index (Phi) is 5.25. The molecule has 0 bridgehead atoms. The SMILES string of the molecule is CCOCCCNc1nccnc1Cl. The third-order valence-corrected chi connectivity index (χ3v) is 1.89.